The van der Waals surface area contributed by atoms with E-state index in [1.165, 1.54) is 16.7 Å². The predicted octanol–water partition coefficient (Wildman–Crippen LogP) is 2.93. The van der Waals surface area contributed by atoms with E-state index in [1.54, 1.807) is 6.92 Å². The number of aliphatic carboxylic acids is 1. The summed E-state index contributed by atoms with van der Waals surface area (Å²) < 4.78 is 1.47. The van der Waals surface area contributed by atoms with Gasteiger partial charge in [0.25, 0.3) is 5.91 Å². The van der Waals surface area contributed by atoms with E-state index in [2.05, 4.69) is 10.3 Å². The van der Waals surface area contributed by atoms with Gasteiger partial charge in [-0.1, -0.05) is 36.5 Å². The highest BCUT2D eigenvalue weighted by Crippen LogP contribution is 2.24. The molecule has 0 fully saturated rings. The van der Waals surface area contributed by atoms with Crippen molar-refractivity contribution in [3.63, 3.8) is 0 Å². The summed E-state index contributed by atoms with van der Waals surface area (Å²) in [6.07, 6.45) is 2.51. The number of amides is 1. The van der Waals surface area contributed by atoms with Crippen molar-refractivity contribution < 1.29 is 14.7 Å². The second-order valence-electron chi connectivity index (χ2n) is 4.90. The zero-order valence-electron chi connectivity index (χ0n) is 12.1. The number of imidazole rings is 1. The highest BCUT2D eigenvalue weighted by Gasteiger charge is 2.24. The lowest BCUT2D eigenvalue weighted by atomic mass is 10.1. The minimum absolute atomic E-state index is 0.224. The van der Waals surface area contributed by atoms with Crippen LogP contribution in [0.5, 0.6) is 0 Å². The molecule has 0 saturated heterocycles. The molecule has 0 aliphatic heterocycles. The number of nitrogens with zero attached hydrogens (tertiary/aromatic N) is 2. The summed E-state index contributed by atoms with van der Waals surface area (Å²) in [7, 11) is 0. The fourth-order valence-corrected chi connectivity index (χ4v) is 2.75. The van der Waals surface area contributed by atoms with Crippen molar-refractivity contribution in [2.75, 3.05) is 0 Å². The first-order valence-electron chi connectivity index (χ1n) is 6.72. The molecule has 2 aromatic rings. The third-order valence-electron chi connectivity index (χ3n) is 3.21. The summed E-state index contributed by atoms with van der Waals surface area (Å²) in [6, 6.07) is 0.584. The second-order valence-corrected chi connectivity index (χ2v) is 5.74. The summed E-state index contributed by atoms with van der Waals surface area (Å²) in [5, 5.41) is 12.3. The SMILES string of the molecule is CCCC(NC(=O)c1c(C)nc2c(Cl)cc(Cl)cn12)C(=O)O. The molecule has 0 aliphatic rings. The van der Waals surface area contributed by atoms with Crippen LogP contribution in [0.15, 0.2) is 12.3 Å². The van der Waals surface area contributed by atoms with E-state index >= 15 is 0 Å². The molecule has 2 rings (SSSR count). The molecule has 1 atom stereocenters. The normalized spacial score (nSPS) is 12.4. The van der Waals surface area contributed by atoms with Gasteiger partial charge in [0.2, 0.25) is 0 Å². The average molecular weight is 344 g/mol. The quantitative estimate of drug-likeness (QED) is 0.874. The minimum atomic E-state index is -1.07. The Morgan fingerprint density at radius 1 is 1.45 bits per heavy atom. The molecule has 0 aromatic carbocycles. The highest BCUT2D eigenvalue weighted by atomic mass is 35.5. The van der Waals surface area contributed by atoms with Crippen LogP contribution in [-0.2, 0) is 4.79 Å². The number of halogens is 2. The number of fused-ring (bicyclic) bond motifs is 1. The maximum atomic E-state index is 12.4. The first-order valence-corrected chi connectivity index (χ1v) is 7.48. The Kier molecular flexibility index (Phi) is 4.93. The number of carboxylic acid groups (broad SMARTS) is 1. The third-order valence-corrected chi connectivity index (χ3v) is 3.70. The second kappa shape index (κ2) is 6.54. The number of nitrogens with one attached hydrogen (secondary N) is 1. The molecule has 22 heavy (non-hydrogen) atoms. The number of carbonyl (C=O) groups excluding carboxylic acids is 1. The summed E-state index contributed by atoms with van der Waals surface area (Å²) in [6.45, 7) is 3.50. The van der Waals surface area contributed by atoms with Crippen molar-refractivity contribution in [3.05, 3.63) is 33.7 Å². The standard InChI is InChI=1S/C14H15Cl2N3O3/c1-3-4-10(14(21)22)18-13(20)11-7(2)17-12-9(16)5-8(15)6-19(11)12/h5-6,10H,3-4H2,1-2H3,(H,18,20)(H,21,22). The van der Waals surface area contributed by atoms with Gasteiger partial charge in [0.05, 0.1) is 15.7 Å². The Morgan fingerprint density at radius 3 is 2.73 bits per heavy atom. The Balaban J connectivity index is 2.43. The molecule has 2 N–H and O–H groups in total. The van der Waals surface area contributed by atoms with Gasteiger partial charge in [-0.2, -0.15) is 0 Å². The number of rotatable bonds is 5. The van der Waals surface area contributed by atoms with Crippen molar-refractivity contribution in [2.45, 2.75) is 32.7 Å². The Hall–Kier alpha value is -1.79. The molecular formula is C14H15Cl2N3O3. The van der Waals surface area contributed by atoms with Gasteiger partial charge in [0.15, 0.2) is 5.65 Å². The maximum Gasteiger partial charge on any atom is 0.326 e. The summed E-state index contributed by atoms with van der Waals surface area (Å²) >= 11 is 12.0. The molecule has 1 amide bonds. The van der Waals surface area contributed by atoms with Gasteiger partial charge in [-0.25, -0.2) is 9.78 Å². The van der Waals surface area contributed by atoms with E-state index in [9.17, 15) is 9.59 Å². The number of hydrogen-bond acceptors (Lipinski definition) is 3. The van der Waals surface area contributed by atoms with E-state index in [4.69, 9.17) is 28.3 Å². The van der Waals surface area contributed by atoms with E-state index in [1.807, 2.05) is 6.92 Å². The fourth-order valence-electron chi connectivity index (χ4n) is 2.23. The van der Waals surface area contributed by atoms with E-state index < -0.39 is 17.9 Å². The van der Waals surface area contributed by atoms with Gasteiger partial charge in [0, 0.05) is 6.20 Å². The van der Waals surface area contributed by atoms with Crippen LogP contribution in [0.2, 0.25) is 10.0 Å². The average Bonchev–Trinajstić information content (AvgIpc) is 2.74. The number of aryl methyl sites for hydroxylation is 1. The van der Waals surface area contributed by atoms with Crippen molar-refractivity contribution in [2.24, 2.45) is 0 Å². The van der Waals surface area contributed by atoms with Crippen molar-refractivity contribution in [1.29, 1.82) is 0 Å². The van der Waals surface area contributed by atoms with Crippen LogP contribution in [0.25, 0.3) is 5.65 Å². The van der Waals surface area contributed by atoms with Crippen LogP contribution in [0.4, 0.5) is 0 Å². The first kappa shape index (κ1) is 16.6. The van der Waals surface area contributed by atoms with Gasteiger partial charge >= 0.3 is 5.97 Å². The molecule has 1 unspecified atom stereocenters. The van der Waals surface area contributed by atoms with Crippen LogP contribution < -0.4 is 5.32 Å². The molecule has 0 spiro atoms. The molecule has 0 radical (unpaired) electrons. The highest BCUT2D eigenvalue weighted by molar-refractivity contribution is 6.36. The predicted molar refractivity (Wildman–Crippen MR) is 83.7 cm³/mol. The van der Waals surface area contributed by atoms with Crippen LogP contribution in [0.3, 0.4) is 0 Å². The fraction of sp³-hybridized carbons (Fsp3) is 0.357. The lowest BCUT2D eigenvalue weighted by molar-refractivity contribution is -0.139. The van der Waals surface area contributed by atoms with Gasteiger partial charge < -0.3 is 10.4 Å². The smallest absolute Gasteiger partial charge is 0.326 e. The zero-order chi connectivity index (χ0) is 16.4. The van der Waals surface area contributed by atoms with Crippen molar-refractivity contribution in [3.8, 4) is 0 Å². The van der Waals surface area contributed by atoms with Gasteiger partial charge in [-0.05, 0) is 19.4 Å². The number of pyridine rings is 1. The van der Waals surface area contributed by atoms with Crippen LogP contribution >= 0.6 is 23.2 Å². The maximum absolute atomic E-state index is 12.4. The zero-order valence-corrected chi connectivity index (χ0v) is 13.6. The minimum Gasteiger partial charge on any atom is -0.480 e. The number of carboxylic acids is 1. The lowest BCUT2D eigenvalue weighted by Crippen LogP contribution is -2.41. The number of aromatic nitrogens is 2. The number of hydrogen-bond donors (Lipinski definition) is 2. The van der Waals surface area contributed by atoms with Crippen LogP contribution in [-0.4, -0.2) is 32.4 Å². The first-order chi connectivity index (χ1) is 10.3. The molecule has 0 aliphatic carbocycles. The molecule has 0 bridgehead atoms. The summed E-state index contributed by atoms with van der Waals surface area (Å²) in [4.78, 5) is 27.8. The molecule has 6 nitrogen and oxygen atoms in total. The van der Waals surface area contributed by atoms with Crippen LogP contribution in [0, 0.1) is 6.92 Å². The van der Waals surface area contributed by atoms with Gasteiger partial charge in [-0.15, -0.1) is 0 Å². The Labute approximate surface area is 137 Å². The monoisotopic (exact) mass is 343 g/mol. The molecular weight excluding hydrogens is 329 g/mol. The molecule has 2 aromatic heterocycles. The molecule has 118 valence electrons. The Morgan fingerprint density at radius 2 is 2.14 bits per heavy atom. The van der Waals surface area contributed by atoms with E-state index in [0.717, 1.165) is 0 Å². The van der Waals surface area contributed by atoms with Gasteiger partial charge in [-0.3, -0.25) is 9.20 Å². The lowest BCUT2D eigenvalue weighted by Gasteiger charge is -2.13. The van der Waals surface area contributed by atoms with Crippen molar-refractivity contribution in [1.82, 2.24) is 14.7 Å². The van der Waals surface area contributed by atoms with E-state index in [0.29, 0.717) is 34.2 Å². The Bertz CT molecular complexity index is 742. The van der Waals surface area contributed by atoms with E-state index in [-0.39, 0.29) is 5.69 Å². The summed E-state index contributed by atoms with van der Waals surface area (Å²) in [5.74, 6) is -1.60. The topological polar surface area (TPSA) is 83.7 Å². The van der Waals surface area contributed by atoms with Crippen LogP contribution in [0.1, 0.15) is 35.9 Å². The van der Waals surface area contributed by atoms with Gasteiger partial charge in [0.1, 0.15) is 11.7 Å². The third kappa shape index (κ3) is 3.18. The summed E-state index contributed by atoms with van der Waals surface area (Å²) in [5.41, 5.74) is 1.07. The molecule has 2 heterocycles. The number of carbonyl (C=O) groups is 2. The largest absolute Gasteiger partial charge is 0.480 e. The molecule has 0 saturated carbocycles. The molecule has 8 heteroatoms. The van der Waals surface area contributed by atoms with Crippen molar-refractivity contribution >= 4 is 40.7 Å².